The number of hydrogen-bond acceptors (Lipinski definition) is 7. The molecule has 1 aliphatic rings. The van der Waals surface area contributed by atoms with E-state index in [1.54, 1.807) is 41.3 Å². The highest BCUT2D eigenvalue weighted by atomic mass is 16.3. The van der Waals surface area contributed by atoms with Crippen molar-refractivity contribution in [3.05, 3.63) is 72.2 Å². The maximum absolute atomic E-state index is 13.3. The topological polar surface area (TPSA) is 193 Å². The lowest BCUT2D eigenvalue weighted by atomic mass is 10.0. The Hall–Kier alpha value is -4.94. The largest absolute Gasteiger partial charge is 0.469 e. The fourth-order valence-corrected chi connectivity index (χ4v) is 5.09. The van der Waals surface area contributed by atoms with Gasteiger partial charge in [0.2, 0.25) is 35.4 Å². The molecule has 13 heteroatoms. The second-order valence-corrected chi connectivity index (χ2v) is 10.6. The zero-order valence-corrected chi connectivity index (χ0v) is 24.8. The molecule has 0 bridgehead atoms. The molecule has 0 radical (unpaired) electrons. The van der Waals surface area contributed by atoms with Crippen LogP contribution in [-0.2, 0) is 48.2 Å². The fourth-order valence-electron chi connectivity index (χ4n) is 5.09. The average Bonchev–Trinajstić information content (AvgIpc) is 3.67. The molecular formula is C31H40N6O7. The van der Waals surface area contributed by atoms with Crippen LogP contribution in [-0.4, -0.2) is 71.6 Å². The van der Waals surface area contributed by atoms with Gasteiger partial charge in [-0.05, 0) is 48.6 Å². The van der Waals surface area contributed by atoms with Crippen LogP contribution in [0.2, 0.25) is 0 Å². The second kappa shape index (κ2) is 16.6. The molecule has 6 N–H and O–H groups in total. The van der Waals surface area contributed by atoms with E-state index in [9.17, 15) is 28.8 Å². The smallest absolute Gasteiger partial charge is 0.243 e. The molecule has 236 valence electrons. The minimum absolute atomic E-state index is 0.0698. The molecule has 3 rings (SSSR count). The molecule has 0 spiro atoms. The summed E-state index contributed by atoms with van der Waals surface area (Å²) in [6.45, 7) is 5.63. The molecule has 0 aliphatic carbocycles. The van der Waals surface area contributed by atoms with Crippen molar-refractivity contribution in [1.29, 1.82) is 0 Å². The van der Waals surface area contributed by atoms with Gasteiger partial charge in [0.05, 0.1) is 12.7 Å². The summed E-state index contributed by atoms with van der Waals surface area (Å²) in [6, 6.07) is 8.27. The Balaban J connectivity index is 1.61. The Bertz CT molecular complexity index is 1340. The number of furan rings is 1. The Morgan fingerprint density at radius 2 is 1.75 bits per heavy atom. The van der Waals surface area contributed by atoms with E-state index in [1.807, 2.05) is 0 Å². The van der Waals surface area contributed by atoms with Crippen LogP contribution in [0.3, 0.4) is 0 Å². The second-order valence-electron chi connectivity index (χ2n) is 10.6. The van der Waals surface area contributed by atoms with Gasteiger partial charge in [-0.3, -0.25) is 28.8 Å². The quantitative estimate of drug-likeness (QED) is 0.168. The van der Waals surface area contributed by atoms with Gasteiger partial charge in [-0.2, -0.15) is 0 Å². The molecule has 1 aromatic carbocycles. The number of likely N-dealkylation sites (tertiary alicyclic amines) is 1. The van der Waals surface area contributed by atoms with Crippen molar-refractivity contribution in [2.75, 3.05) is 13.1 Å². The normalized spacial score (nSPS) is 15.5. The molecule has 1 aliphatic heterocycles. The highest BCUT2D eigenvalue weighted by Gasteiger charge is 2.30. The lowest BCUT2D eigenvalue weighted by Crippen LogP contribution is -2.49. The standard InChI is InChI=1S/C31H40N6O7/c1-3-27(39)33-13-12-25(30(32)42)35-28(40)16-21-8-4-5-9-22(21)19-34-31(43)26(18-24-11-7-15-44-24)36-29(41)17-23-10-6-14-37(23)20(2)38/h3-5,7-9,11,15,23,25-26H,1,6,10,12-14,16-19H2,2H3,(H2,32,42)(H,33,39)(H,34,43)(H,35,40)(H,36,41)/t23-,25-,26-/m0/s1. The lowest BCUT2D eigenvalue weighted by Gasteiger charge is -2.24. The van der Waals surface area contributed by atoms with E-state index in [0.29, 0.717) is 23.4 Å². The van der Waals surface area contributed by atoms with Gasteiger partial charge in [-0.25, -0.2) is 0 Å². The zero-order chi connectivity index (χ0) is 32.1. The summed E-state index contributed by atoms with van der Waals surface area (Å²) >= 11 is 0. The third-order valence-electron chi connectivity index (χ3n) is 7.36. The summed E-state index contributed by atoms with van der Waals surface area (Å²) in [6.07, 6.45) is 4.35. The number of rotatable bonds is 16. The van der Waals surface area contributed by atoms with Gasteiger partial charge in [-0.1, -0.05) is 30.8 Å². The van der Waals surface area contributed by atoms with Crippen molar-refractivity contribution in [3.8, 4) is 0 Å². The summed E-state index contributed by atoms with van der Waals surface area (Å²) in [7, 11) is 0. The van der Waals surface area contributed by atoms with Crippen molar-refractivity contribution in [3.63, 3.8) is 0 Å². The van der Waals surface area contributed by atoms with Crippen LogP contribution in [0.4, 0.5) is 0 Å². The number of hydrogen-bond donors (Lipinski definition) is 5. The van der Waals surface area contributed by atoms with Gasteiger partial charge in [0.1, 0.15) is 17.8 Å². The Labute approximate surface area is 256 Å². The molecule has 0 saturated carbocycles. The zero-order valence-electron chi connectivity index (χ0n) is 24.8. The predicted octanol–water partition coefficient (Wildman–Crippen LogP) is 0.229. The van der Waals surface area contributed by atoms with E-state index in [1.165, 1.54) is 13.2 Å². The van der Waals surface area contributed by atoms with Crippen LogP contribution in [0.25, 0.3) is 0 Å². The molecule has 1 aromatic heterocycles. The number of nitrogens with zero attached hydrogens (tertiary/aromatic N) is 1. The van der Waals surface area contributed by atoms with E-state index >= 15 is 0 Å². The number of primary amides is 1. The van der Waals surface area contributed by atoms with Gasteiger partial charge in [-0.15, -0.1) is 0 Å². The molecule has 1 saturated heterocycles. The van der Waals surface area contributed by atoms with E-state index in [4.69, 9.17) is 10.2 Å². The molecular weight excluding hydrogens is 568 g/mol. The van der Waals surface area contributed by atoms with Gasteiger partial charge in [0.25, 0.3) is 0 Å². The van der Waals surface area contributed by atoms with Gasteiger partial charge < -0.3 is 36.3 Å². The average molecular weight is 609 g/mol. The molecule has 2 aromatic rings. The molecule has 1 fully saturated rings. The van der Waals surface area contributed by atoms with Crippen molar-refractivity contribution in [1.82, 2.24) is 26.2 Å². The number of carbonyl (C=O) groups excluding carboxylic acids is 6. The minimum atomic E-state index is -0.989. The number of carbonyl (C=O) groups is 6. The Kier molecular flexibility index (Phi) is 12.7. The van der Waals surface area contributed by atoms with Gasteiger partial charge in [0, 0.05) is 45.4 Å². The van der Waals surface area contributed by atoms with Crippen LogP contribution in [0.15, 0.2) is 59.7 Å². The maximum Gasteiger partial charge on any atom is 0.243 e. The van der Waals surface area contributed by atoms with Crippen molar-refractivity contribution >= 4 is 35.4 Å². The molecule has 44 heavy (non-hydrogen) atoms. The predicted molar refractivity (Wildman–Crippen MR) is 160 cm³/mol. The highest BCUT2D eigenvalue weighted by molar-refractivity contribution is 5.89. The summed E-state index contributed by atoms with van der Waals surface area (Å²) in [4.78, 5) is 75.8. The Morgan fingerprint density at radius 1 is 1.02 bits per heavy atom. The third-order valence-corrected chi connectivity index (χ3v) is 7.36. The molecule has 3 atom stereocenters. The first kappa shape index (κ1) is 33.6. The van der Waals surface area contributed by atoms with Crippen molar-refractivity contribution < 1.29 is 33.2 Å². The van der Waals surface area contributed by atoms with E-state index in [0.717, 1.165) is 18.9 Å². The number of benzene rings is 1. The van der Waals surface area contributed by atoms with Crippen molar-refractivity contribution in [2.24, 2.45) is 5.73 Å². The lowest BCUT2D eigenvalue weighted by molar-refractivity contribution is -0.132. The maximum atomic E-state index is 13.3. The first-order valence-corrected chi connectivity index (χ1v) is 14.5. The number of amides is 6. The fraction of sp³-hybridized carbons (Fsp3) is 0.419. The third kappa shape index (κ3) is 10.4. The molecule has 0 unspecified atom stereocenters. The number of nitrogens with one attached hydrogen (secondary N) is 4. The summed E-state index contributed by atoms with van der Waals surface area (Å²) in [5.74, 6) is -1.97. The van der Waals surface area contributed by atoms with E-state index < -0.39 is 35.7 Å². The van der Waals surface area contributed by atoms with Crippen molar-refractivity contribution in [2.45, 2.75) is 70.1 Å². The van der Waals surface area contributed by atoms with E-state index in [-0.39, 0.29) is 56.6 Å². The summed E-state index contributed by atoms with van der Waals surface area (Å²) in [5.41, 5.74) is 6.71. The molecule has 13 nitrogen and oxygen atoms in total. The summed E-state index contributed by atoms with van der Waals surface area (Å²) in [5, 5.41) is 10.8. The highest BCUT2D eigenvalue weighted by Crippen LogP contribution is 2.20. The molecule has 6 amide bonds. The van der Waals surface area contributed by atoms with Crippen LogP contribution in [0.5, 0.6) is 0 Å². The number of nitrogens with two attached hydrogens (primary N) is 1. The van der Waals surface area contributed by atoms with Gasteiger partial charge in [0.15, 0.2) is 0 Å². The summed E-state index contributed by atoms with van der Waals surface area (Å²) < 4.78 is 5.41. The van der Waals surface area contributed by atoms with Crippen LogP contribution in [0, 0.1) is 0 Å². The minimum Gasteiger partial charge on any atom is -0.469 e. The Morgan fingerprint density at radius 3 is 2.41 bits per heavy atom. The van der Waals surface area contributed by atoms with Crippen LogP contribution >= 0.6 is 0 Å². The SMILES string of the molecule is C=CC(=O)NCC[C@H](NC(=O)Cc1ccccc1CNC(=O)[C@H](Cc1ccco1)NC(=O)C[C@@H]1CCCN1C(C)=O)C(N)=O. The molecule has 2 heterocycles. The van der Waals surface area contributed by atoms with Crippen LogP contribution in [0.1, 0.15) is 49.5 Å². The van der Waals surface area contributed by atoms with Gasteiger partial charge >= 0.3 is 0 Å². The first-order valence-electron chi connectivity index (χ1n) is 14.5. The van der Waals surface area contributed by atoms with Crippen LogP contribution < -0.4 is 27.0 Å². The monoisotopic (exact) mass is 608 g/mol. The first-order chi connectivity index (χ1) is 21.1. The van der Waals surface area contributed by atoms with E-state index in [2.05, 4.69) is 27.8 Å².